The first-order chi connectivity index (χ1) is 17.1. The van der Waals surface area contributed by atoms with Gasteiger partial charge in [0, 0.05) is 10.6 Å². The molecule has 180 valence electrons. The number of para-hydroxylation sites is 2. The number of hydrogen-bond acceptors (Lipinski definition) is 5. The van der Waals surface area contributed by atoms with Crippen molar-refractivity contribution in [2.45, 2.75) is 57.5 Å². The Hall–Kier alpha value is -2.90. The van der Waals surface area contributed by atoms with Crippen LogP contribution in [0.5, 0.6) is 0 Å². The molecule has 0 radical (unpaired) electrons. The van der Waals surface area contributed by atoms with Crippen molar-refractivity contribution >= 4 is 44.9 Å². The van der Waals surface area contributed by atoms with Crippen LogP contribution in [0.15, 0.2) is 58.5 Å². The van der Waals surface area contributed by atoms with Crippen LogP contribution < -0.4 is 10.9 Å². The Bertz CT molecular complexity index is 1420. The van der Waals surface area contributed by atoms with E-state index in [-0.39, 0.29) is 17.2 Å². The van der Waals surface area contributed by atoms with Crippen molar-refractivity contribution in [2.75, 3.05) is 11.1 Å². The number of aromatic nitrogens is 2. The summed E-state index contributed by atoms with van der Waals surface area (Å²) in [6.45, 7) is 4.19. The number of hydrogen-bond donors (Lipinski definition) is 1. The molecular formula is C28H29N3O2S2. The summed E-state index contributed by atoms with van der Waals surface area (Å²) >= 11 is 2.96. The lowest BCUT2D eigenvalue weighted by atomic mass is 9.97. The molecule has 0 atom stereocenters. The Morgan fingerprint density at radius 1 is 1.03 bits per heavy atom. The monoisotopic (exact) mass is 503 g/mol. The van der Waals surface area contributed by atoms with Gasteiger partial charge in [-0.25, -0.2) is 4.98 Å². The number of benzene rings is 2. The van der Waals surface area contributed by atoms with E-state index in [0.717, 1.165) is 71.2 Å². The Kier molecular flexibility index (Phi) is 7.07. The molecule has 2 heterocycles. The first-order valence-corrected chi connectivity index (χ1v) is 14.1. The van der Waals surface area contributed by atoms with E-state index in [0.29, 0.717) is 5.16 Å². The van der Waals surface area contributed by atoms with Gasteiger partial charge in [0.25, 0.3) is 5.56 Å². The van der Waals surface area contributed by atoms with Crippen molar-refractivity contribution in [1.29, 1.82) is 0 Å². The Balaban J connectivity index is 1.50. The fourth-order valence-electron chi connectivity index (χ4n) is 4.80. The summed E-state index contributed by atoms with van der Waals surface area (Å²) in [5.41, 5.74) is 5.09. The quantitative estimate of drug-likeness (QED) is 0.242. The van der Waals surface area contributed by atoms with E-state index < -0.39 is 0 Å². The van der Waals surface area contributed by atoms with Crippen LogP contribution in [0, 0.1) is 0 Å². The molecule has 5 rings (SSSR count). The molecule has 2 aromatic carbocycles. The average molecular weight is 504 g/mol. The van der Waals surface area contributed by atoms with Gasteiger partial charge >= 0.3 is 0 Å². The predicted molar refractivity (Wildman–Crippen MR) is 146 cm³/mol. The Morgan fingerprint density at radius 3 is 2.46 bits per heavy atom. The summed E-state index contributed by atoms with van der Waals surface area (Å²) < 4.78 is 1.68. The number of carbonyl (C=O) groups is 1. The molecule has 35 heavy (non-hydrogen) atoms. The molecule has 1 aliphatic carbocycles. The molecule has 2 aromatic heterocycles. The van der Waals surface area contributed by atoms with Crippen molar-refractivity contribution in [2.24, 2.45) is 0 Å². The number of thioether (sulfide) groups is 1. The minimum atomic E-state index is -0.0926. The molecule has 5 nitrogen and oxygen atoms in total. The molecule has 0 saturated carbocycles. The first-order valence-electron chi connectivity index (χ1n) is 12.3. The van der Waals surface area contributed by atoms with Gasteiger partial charge in [-0.1, -0.05) is 62.0 Å². The van der Waals surface area contributed by atoms with E-state index in [1.165, 1.54) is 22.2 Å². The molecule has 1 aliphatic rings. The van der Waals surface area contributed by atoms with Gasteiger partial charge in [0.05, 0.1) is 16.8 Å². The fourth-order valence-corrected chi connectivity index (χ4v) is 6.91. The maximum atomic E-state index is 13.8. The SMILES string of the molecule is CCc1cccc(CC)c1NC(=O)CSc1nc2sc3c(c2c(=O)n1-c1ccccc1)CCCC3. The second-order valence-corrected chi connectivity index (χ2v) is 10.8. The summed E-state index contributed by atoms with van der Waals surface area (Å²) in [5, 5.41) is 4.44. The topological polar surface area (TPSA) is 64.0 Å². The summed E-state index contributed by atoms with van der Waals surface area (Å²) in [7, 11) is 0. The van der Waals surface area contributed by atoms with Gasteiger partial charge in [-0.3, -0.25) is 14.2 Å². The van der Waals surface area contributed by atoms with Gasteiger partial charge in [0.2, 0.25) is 5.91 Å². The predicted octanol–water partition coefficient (Wildman–Crippen LogP) is 6.18. The number of thiophene rings is 1. The van der Waals surface area contributed by atoms with Crippen molar-refractivity contribution in [3.8, 4) is 5.69 Å². The van der Waals surface area contributed by atoms with Crippen LogP contribution in [0.1, 0.15) is 48.3 Å². The standard InChI is InChI=1S/C28H29N3O2S2/c1-3-18-11-10-12-19(4-2)25(18)29-23(32)17-34-28-30-26-24(21-15-8-9-16-22(21)35-26)27(33)31(28)20-13-6-5-7-14-20/h5-7,10-14H,3-4,8-9,15-17H2,1-2H3,(H,29,32). The highest BCUT2D eigenvalue weighted by Crippen LogP contribution is 2.35. The highest BCUT2D eigenvalue weighted by molar-refractivity contribution is 7.99. The van der Waals surface area contributed by atoms with Crippen LogP contribution >= 0.6 is 23.1 Å². The van der Waals surface area contributed by atoms with Crippen molar-refractivity contribution in [1.82, 2.24) is 9.55 Å². The molecule has 7 heteroatoms. The van der Waals surface area contributed by atoms with E-state index >= 15 is 0 Å². The summed E-state index contributed by atoms with van der Waals surface area (Å²) in [5.74, 6) is 0.0851. The summed E-state index contributed by atoms with van der Waals surface area (Å²) in [4.78, 5) is 33.8. The van der Waals surface area contributed by atoms with E-state index in [2.05, 4.69) is 31.3 Å². The normalized spacial score (nSPS) is 13.1. The Morgan fingerprint density at radius 2 is 1.74 bits per heavy atom. The maximum absolute atomic E-state index is 13.8. The number of aryl methyl sites for hydroxylation is 4. The molecule has 0 spiro atoms. The maximum Gasteiger partial charge on any atom is 0.267 e. The zero-order valence-corrected chi connectivity index (χ0v) is 21.7. The van der Waals surface area contributed by atoms with Gasteiger partial charge in [0.1, 0.15) is 4.83 Å². The van der Waals surface area contributed by atoms with Crippen molar-refractivity contribution in [3.05, 3.63) is 80.5 Å². The van der Waals surface area contributed by atoms with E-state index in [1.54, 1.807) is 15.9 Å². The number of carbonyl (C=O) groups excluding carboxylic acids is 1. The van der Waals surface area contributed by atoms with Crippen molar-refractivity contribution in [3.63, 3.8) is 0 Å². The number of nitrogens with zero attached hydrogens (tertiary/aromatic N) is 2. The van der Waals surface area contributed by atoms with Crippen LogP contribution in [0.2, 0.25) is 0 Å². The second-order valence-electron chi connectivity index (χ2n) is 8.76. The molecular weight excluding hydrogens is 474 g/mol. The fraction of sp³-hybridized carbons (Fsp3) is 0.321. The molecule has 0 bridgehead atoms. The zero-order valence-electron chi connectivity index (χ0n) is 20.1. The Labute approximate surface area is 213 Å². The van der Waals surface area contributed by atoms with E-state index in [1.807, 2.05) is 36.4 Å². The van der Waals surface area contributed by atoms with E-state index in [9.17, 15) is 9.59 Å². The van der Waals surface area contributed by atoms with Crippen LogP contribution in [0.4, 0.5) is 5.69 Å². The minimum absolute atomic E-state index is 0.0342. The van der Waals surface area contributed by atoms with Gasteiger partial charge < -0.3 is 5.32 Å². The lowest BCUT2D eigenvalue weighted by Gasteiger charge is -2.15. The molecule has 0 saturated heterocycles. The third kappa shape index (κ3) is 4.67. The highest BCUT2D eigenvalue weighted by atomic mass is 32.2. The van der Waals surface area contributed by atoms with Crippen LogP contribution in [0.25, 0.3) is 15.9 Å². The summed E-state index contributed by atoms with van der Waals surface area (Å²) in [6.07, 6.45) is 5.93. The second kappa shape index (κ2) is 10.4. The lowest BCUT2D eigenvalue weighted by Crippen LogP contribution is -2.23. The number of amides is 1. The molecule has 0 fully saturated rings. The molecule has 1 amide bonds. The average Bonchev–Trinajstić information content (AvgIpc) is 3.27. The molecule has 0 aliphatic heterocycles. The first kappa shape index (κ1) is 23.8. The zero-order chi connectivity index (χ0) is 24.4. The largest absolute Gasteiger partial charge is 0.325 e. The number of fused-ring (bicyclic) bond motifs is 3. The molecule has 4 aromatic rings. The van der Waals surface area contributed by atoms with E-state index in [4.69, 9.17) is 4.98 Å². The van der Waals surface area contributed by atoms with Gasteiger partial charge in [-0.05, 0) is 67.3 Å². The lowest BCUT2D eigenvalue weighted by molar-refractivity contribution is -0.113. The summed E-state index contributed by atoms with van der Waals surface area (Å²) in [6, 6.07) is 15.8. The van der Waals surface area contributed by atoms with Crippen LogP contribution in [0.3, 0.4) is 0 Å². The van der Waals surface area contributed by atoms with Gasteiger partial charge in [0.15, 0.2) is 5.16 Å². The number of anilines is 1. The third-order valence-corrected chi connectivity index (χ3v) is 8.69. The van der Waals surface area contributed by atoms with Gasteiger partial charge in [-0.15, -0.1) is 11.3 Å². The van der Waals surface area contributed by atoms with Crippen LogP contribution in [-0.2, 0) is 30.5 Å². The van der Waals surface area contributed by atoms with Crippen LogP contribution in [-0.4, -0.2) is 21.2 Å². The smallest absolute Gasteiger partial charge is 0.267 e. The molecule has 1 N–H and O–H groups in total. The van der Waals surface area contributed by atoms with Gasteiger partial charge in [-0.2, -0.15) is 0 Å². The molecule has 0 unspecified atom stereocenters. The van der Waals surface area contributed by atoms with Crippen molar-refractivity contribution < 1.29 is 4.79 Å². The number of nitrogens with one attached hydrogen (secondary N) is 1. The minimum Gasteiger partial charge on any atom is -0.325 e. The third-order valence-electron chi connectivity index (χ3n) is 6.57. The highest BCUT2D eigenvalue weighted by Gasteiger charge is 2.23. The number of rotatable bonds is 7.